The number of fused-ring (bicyclic) bond motifs is 1. The largest absolute Gasteiger partial charge is 0.323 e. The molecule has 3 aromatic heterocycles. The Morgan fingerprint density at radius 1 is 1.53 bits per heavy atom. The summed E-state index contributed by atoms with van der Waals surface area (Å²) >= 11 is 6.75. The Hall–Kier alpha value is -1.80. The van der Waals surface area contributed by atoms with Gasteiger partial charge in [-0.05, 0) is 30.6 Å². The van der Waals surface area contributed by atoms with Crippen LogP contribution in [0.15, 0.2) is 22.6 Å². The molecule has 0 aliphatic carbocycles. The van der Waals surface area contributed by atoms with Gasteiger partial charge in [-0.1, -0.05) is 0 Å². The molecule has 3 heterocycles. The van der Waals surface area contributed by atoms with Crippen molar-refractivity contribution in [2.45, 2.75) is 13.0 Å². The average Bonchev–Trinajstić information content (AvgIpc) is 2.97. The van der Waals surface area contributed by atoms with E-state index in [9.17, 15) is 4.79 Å². The van der Waals surface area contributed by atoms with E-state index in [1.54, 1.807) is 17.0 Å². The number of aromatic amines is 1. The second-order valence-electron chi connectivity index (χ2n) is 4.24. The molecule has 1 atom stereocenters. The first-order chi connectivity index (χ1) is 9.09. The van der Waals surface area contributed by atoms with E-state index in [4.69, 9.17) is 12.2 Å². The molecule has 3 aromatic rings. The van der Waals surface area contributed by atoms with Crippen LogP contribution < -0.4 is 5.56 Å². The number of hydrogen-bond donors (Lipinski definition) is 1. The summed E-state index contributed by atoms with van der Waals surface area (Å²) < 4.78 is 3.72. The highest BCUT2D eigenvalue weighted by atomic mass is 32.1. The minimum absolute atomic E-state index is 0.101. The summed E-state index contributed by atoms with van der Waals surface area (Å²) in [5, 5.41) is 10.4. The Morgan fingerprint density at radius 3 is 3.00 bits per heavy atom. The van der Waals surface area contributed by atoms with Gasteiger partial charge in [0, 0.05) is 7.05 Å². The fourth-order valence-corrected chi connectivity index (χ4v) is 3.28. The van der Waals surface area contributed by atoms with E-state index in [-0.39, 0.29) is 11.6 Å². The lowest BCUT2D eigenvalue weighted by molar-refractivity contribution is 0.546. The van der Waals surface area contributed by atoms with E-state index in [0.29, 0.717) is 16.0 Å². The van der Waals surface area contributed by atoms with Crippen molar-refractivity contribution in [3.8, 4) is 0 Å². The van der Waals surface area contributed by atoms with Crippen LogP contribution >= 0.6 is 23.6 Å². The fourth-order valence-electron chi connectivity index (χ4n) is 2.09. The predicted octanol–water partition coefficient (Wildman–Crippen LogP) is 1.86. The molecule has 0 spiro atoms. The Bertz CT molecular complexity index is 856. The molecule has 8 heteroatoms. The maximum atomic E-state index is 12.5. The standard InChI is InChI=1S/C11H11N5OS2/c1-6(8-14-12-5-15(8)2)16-10(17)7-3-4-19-9(7)13-11(16)18/h3-6H,1-2H3,(H,13,18). The summed E-state index contributed by atoms with van der Waals surface area (Å²) in [6.07, 6.45) is 1.60. The van der Waals surface area contributed by atoms with Crippen molar-refractivity contribution in [1.82, 2.24) is 24.3 Å². The van der Waals surface area contributed by atoms with Crippen molar-refractivity contribution < 1.29 is 0 Å². The lowest BCUT2D eigenvalue weighted by atomic mass is 10.3. The van der Waals surface area contributed by atoms with Gasteiger partial charge in [0.1, 0.15) is 11.2 Å². The molecule has 0 saturated heterocycles. The molecule has 19 heavy (non-hydrogen) atoms. The number of nitrogens with zero attached hydrogens (tertiary/aromatic N) is 4. The fraction of sp³-hybridized carbons (Fsp3) is 0.273. The molecule has 1 N–H and O–H groups in total. The number of aryl methyl sites for hydroxylation is 1. The molecule has 0 fully saturated rings. The predicted molar refractivity (Wildman–Crippen MR) is 76.1 cm³/mol. The molecule has 0 bridgehead atoms. The maximum Gasteiger partial charge on any atom is 0.263 e. The van der Waals surface area contributed by atoms with Crippen LogP contribution in [0, 0.1) is 4.77 Å². The molecule has 0 radical (unpaired) electrons. The van der Waals surface area contributed by atoms with Gasteiger partial charge in [0.05, 0.1) is 11.4 Å². The zero-order chi connectivity index (χ0) is 13.6. The van der Waals surface area contributed by atoms with Gasteiger partial charge < -0.3 is 9.55 Å². The molecule has 3 rings (SSSR count). The topological polar surface area (TPSA) is 68.5 Å². The second kappa shape index (κ2) is 4.39. The van der Waals surface area contributed by atoms with Crippen molar-refractivity contribution >= 4 is 33.8 Å². The van der Waals surface area contributed by atoms with Gasteiger partial charge in [-0.15, -0.1) is 21.5 Å². The lowest BCUT2D eigenvalue weighted by Crippen LogP contribution is -2.27. The van der Waals surface area contributed by atoms with Crippen LogP contribution in [-0.4, -0.2) is 24.3 Å². The molecule has 1 unspecified atom stereocenters. The first kappa shape index (κ1) is 12.2. The Balaban J connectivity index is 2.28. The summed E-state index contributed by atoms with van der Waals surface area (Å²) in [5.74, 6) is 0.691. The summed E-state index contributed by atoms with van der Waals surface area (Å²) in [5.41, 5.74) is -0.101. The molecule has 6 nitrogen and oxygen atoms in total. The molecule has 0 aliphatic heterocycles. The summed E-state index contributed by atoms with van der Waals surface area (Å²) in [4.78, 5) is 16.4. The molecule has 0 aromatic carbocycles. The molecular weight excluding hydrogens is 282 g/mol. The van der Waals surface area contributed by atoms with Gasteiger partial charge in [-0.3, -0.25) is 9.36 Å². The quantitative estimate of drug-likeness (QED) is 0.732. The zero-order valence-corrected chi connectivity index (χ0v) is 12.0. The first-order valence-electron chi connectivity index (χ1n) is 5.65. The van der Waals surface area contributed by atoms with Crippen molar-refractivity contribution in [3.63, 3.8) is 0 Å². The molecule has 0 amide bonds. The second-order valence-corrected chi connectivity index (χ2v) is 5.55. The van der Waals surface area contributed by atoms with Crippen molar-refractivity contribution in [3.05, 3.63) is 38.7 Å². The molecular formula is C11H11N5OS2. The van der Waals surface area contributed by atoms with E-state index in [2.05, 4.69) is 15.2 Å². The third-order valence-corrected chi connectivity index (χ3v) is 4.19. The Morgan fingerprint density at radius 2 is 2.32 bits per heavy atom. The van der Waals surface area contributed by atoms with E-state index in [1.807, 2.05) is 19.4 Å². The monoisotopic (exact) mass is 293 g/mol. The van der Waals surface area contributed by atoms with Crippen LogP contribution in [0.1, 0.15) is 18.8 Å². The van der Waals surface area contributed by atoms with Gasteiger partial charge in [0.15, 0.2) is 10.6 Å². The van der Waals surface area contributed by atoms with E-state index in [0.717, 1.165) is 4.83 Å². The summed E-state index contributed by atoms with van der Waals surface area (Å²) in [6.45, 7) is 1.88. The van der Waals surface area contributed by atoms with Crippen LogP contribution in [0.5, 0.6) is 0 Å². The zero-order valence-electron chi connectivity index (χ0n) is 10.3. The third-order valence-electron chi connectivity index (χ3n) is 3.06. The van der Waals surface area contributed by atoms with Gasteiger partial charge in [-0.25, -0.2) is 0 Å². The number of H-pyrrole nitrogens is 1. The summed E-state index contributed by atoms with van der Waals surface area (Å²) in [7, 11) is 1.84. The third kappa shape index (κ3) is 1.83. The van der Waals surface area contributed by atoms with Crippen molar-refractivity contribution in [2.75, 3.05) is 0 Å². The highest BCUT2D eigenvalue weighted by molar-refractivity contribution is 7.71. The maximum absolute atomic E-state index is 12.5. The van der Waals surface area contributed by atoms with Gasteiger partial charge in [0.2, 0.25) is 0 Å². The Kier molecular flexibility index (Phi) is 2.83. The first-order valence-corrected chi connectivity index (χ1v) is 6.94. The highest BCUT2D eigenvalue weighted by Gasteiger charge is 2.17. The number of nitrogens with one attached hydrogen (secondary N) is 1. The van der Waals surface area contributed by atoms with Crippen molar-refractivity contribution in [1.29, 1.82) is 0 Å². The van der Waals surface area contributed by atoms with Crippen LogP contribution in [-0.2, 0) is 7.05 Å². The van der Waals surface area contributed by atoms with Gasteiger partial charge >= 0.3 is 0 Å². The average molecular weight is 293 g/mol. The van der Waals surface area contributed by atoms with E-state index in [1.165, 1.54) is 15.9 Å². The van der Waals surface area contributed by atoms with Crippen molar-refractivity contribution in [2.24, 2.45) is 7.05 Å². The summed E-state index contributed by atoms with van der Waals surface area (Å²) in [6, 6.07) is 1.53. The lowest BCUT2D eigenvalue weighted by Gasteiger charge is -2.14. The van der Waals surface area contributed by atoms with Gasteiger partial charge in [-0.2, -0.15) is 0 Å². The molecule has 0 aliphatic rings. The minimum atomic E-state index is -0.270. The number of hydrogen-bond acceptors (Lipinski definition) is 5. The van der Waals surface area contributed by atoms with Crippen LogP contribution in [0.4, 0.5) is 0 Å². The normalized spacial score (nSPS) is 12.9. The van der Waals surface area contributed by atoms with Gasteiger partial charge in [0.25, 0.3) is 5.56 Å². The van der Waals surface area contributed by atoms with Crippen LogP contribution in [0.2, 0.25) is 0 Å². The van der Waals surface area contributed by atoms with E-state index >= 15 is 0 Å². The van der Waals surface area contributed by atoms with Crippen LogP contribution in [0.3, 0.4) is 0 Å². The van der Waals surface area contributed by atoms with Crippen LogP contribution in [0.25, 0.3) is 10.2 Å². The number of thiophene rings is 1. The molecule has 0 saturated carbocycles. The molecule has 98 valence electrons. The highest BCUT2D eigenvalue weighted by Crippen LogP contribution is 2.18. The minimum Gasteiger partial charge on any atom is -0.323 e. The number of aromatic nitrogens is 5. The Labute approximate surface area is 117 Å². The SMILES string of the molecule is CC(c1nncn1C)n1c(=S)[nH]c2sccc2c1=O. The smallest absolute Gasteiger partial charge is 0.263 e. The number of rotatable bonds is 2. The van der Waals surface area contributed by atoms with E-state index < -0.39 is 0 Å².